The summed E-state index contributed by atoms with van der Waals surface area (Å²) in [5.74, 6) is -0.813. The number of likely N-dealkylation sites (tertiary alicyclic amines) is 1. The second-order valence-electron chi connectivity index (χ2n) is 4.29. The quantitative estimate of drug-likeness (QED) is 0.695. The van der Waals surface area contributed by atoms with E-state index in [0.29, 0.717) is 0 Å². The lowest BCUT2D eigenvalue weighted by Crippen LogP contribution is -2.36. The lowest BCUT2D eigenvalue weighted by atomic mass is 10.0. The Kier molecular flexibility index (Phi) is 4.78. The van der Waals surface area contributed by atoms with E-state index in [0.717, 1.165) is 44.6 Å². The largest absolute Gasteiger partial charge is 0.478 e. The van der Waals surface area contributed by atoms with Crippen molar-refractivity contribution in [2.75, 3.05) is 40.3 Å². The van der Waals surface area contributed by atoms with Crippen molar-refractivity contribution in [3.8, 4) is 0 Å². The van der Waals surface area contributed by atoms with Gasteiger partial charge in [0, 0.05) is 32.3 Å². The minimum atomic E-state index is -0.813. The first-order valence-electron chi connectivity index (χ1n) is 5.37. The highest BCUT2D eigenvalue weighted by atomic mass is 16.4. The summed E-state index contributed by atoms with van der Waals surface area (Å²) < 4.78 is 0. The van der Waals surface area contributed by atoms with Gasteiger partial charge in [-0.15, -0.1) is 0 Å². The van der Waals surface area contributed by atoms with Gasteiger partial charge in [-0.2, -0.15) is 0 Å². The number of rotatable bonds is 4. The van der Waals surface area contributed by atoms with Crippen LogP contribution >= 0.6 is 0 Å². The van der Waals surface area contributed by atoms with Gasteiger partial charge in [0.05, 0.1) is 0 Å². The second kappa shape index (κ2) is 5.88. The van der Waals surface area contributed by atoms with Crippen molar-refractivity contribution in [3.05, 3.63) is 11.6 Å². The van der Waals surface area contributed by atoms with Crippen molar-refractivity contribution in [1.29, 1.82) is 0 Å². The van der Waals surface area contributed by atoms with E-state index in [1.807, 2.05) is 0 Å². The average Bonchev–Trinajstić information content (AvgIpc) is 2.16. The van der Waals surface area contributed by atoms with Gasteiger partial charge in [-0.25, -0.2) is 4.79 Å². The summed E-state index contributed by atoms with van der Waals surface area (Å²) in [6.07, 6.45) is 3.17. The molecule has 4 nitrogen and oxygen atoms in total. The predicted octanol–water partition coefficient (Wildman–Crippen LogP) is 0.655. The molecular weight excluding hydrogens is 192 g/mol. The number of carbonyl (C=O) groups is 1. The van der Waals surface area contributed by atoms with Gasteiger partial charge in [-0.05, 0) is 26.9 Å². The third-order valence-corrected chi connectivity index (χ3v) is 2.69. The fourth-order valence-electron chi connectivity index (χ4n) is 1.72. The molecule has 0 aromatic rings. The van der Waals surface area contributed by atoms with Gasteiger partial charge >= 0.3 is 5.97 Å². The molecule has 1 aliphatic rings. The molecule has 4 heteroatoms. The summed E-state index contributed by atoms with van der Waals surface area (Å²) in [5, 5.41) is 8.61. The van der Waals surface area contributed by atoms with Gasteiger partial charge in [-0.1, -0.05) is 5.57 Å². The van der Waals surface area contributed by atoms with Crippen LogP contribution in [0.2, 0.25) is 0 Å². The third-order valence-electron chi connectivity index (χ3n) is 2.69. The topological polar surface area (TPSA) is 43.8 Å². The molecule has 1 heterocycles. The molecule has 15 heavy (non-hydrogen) atoms. The van der Waals surface area contributed by atoms with Crippen LogP contribution in [0.25, 0.3) is 0 Å². The Hall–Kier alpha value is -0.870. The number of carboxylic acid groups (broad SMARTS) is 1. The summed E-state index contributed by atoms with van der Waals surface area (Å²) in [5.41, 5.74) is 1.07. The van der Waals surface area contributed by atoms with E-state index in [2.05, 4.69) is 23.9 Å². The maximum Gasteiger partial charge on any atom is 0.328 e. The Morgan fingerprint density at radius 3 is 2.53 bits per heavy atom. The molecule has 0 atom stereocenters. The number of aliphatic carboxylic acids is 1. The van der Waals surface area contributed by atoms with Crippen molar-refractivity contribution in [2.24, 2.45) is 0 Å². The Morgan fingerprint density at radius 1 is 1.47 bits per heavy atom. The number of nitrogens with zero attached hydrogens (tertiary/aromatic N) is 2. The SMILES string of the molecule is CN(C)CCN1CCC(=CC(=O)O)CC1. The normalized spacial score (nSPS) is 18.2. The lowest BCUT2D eigenvalue weighted by Gasteiger charge is -2.29. The van der Waals surface area contributed by atoms with Crippen LogP contribution in [0.1, 0.15) is 12.8 Å². The first kappa shape index (κ1) is 12.2. The molecule has 0 amide bonds. The van der Waals surface area contributed by atoms with E-state index < -0.39 is 5.97 Å². The van der Waals surface area contributed by atoms with Crippen molar-refractivity contribution in [3.63, 3.8) is 0 Å². The van der Waals surface area contributed by atoms with Gasteiger partial charge in [-0.3, -0.25) is 0 Å². The fraction of sp³-hybridized carbons (Fsp3) is 0.727. The van der Waals surface area contributed by atoms with Crippen LogP contribution in [-0.4, -0.2) is 61.2 Å². The highest BCUT2D eigenvalue weighted by Crippen LogP contribution is 2.15. The van der Waals surface area contributed by atoms with Gasteiger partial charge < -0.3 is 14.9 Å². The van der Waals surface area contributed by atoms with Crippen molar-refractivity contribution < 1.29 is 9.90 Å². The molecule has 1 fully saturated rings. The first-order chi connectivity index (χ1) is 7.08. The molecule has 0 spiro atoms. The summed E-state index contributed by atoms with van der Waals surface area (Å²) >= 11 is 0. The monoisotopic (exact) mass is 212 g/mol. The molecule has 0 unspecified atom stereocenters. The summed E-state index contributed by atoms with van der Waals surface area (Å²) in [6.45, 7) is 4.13. The van der Waals surface area contributed by atoms with Crippen LogP contribution in [0.5, 0.6) is 0 Å². The Bertz CT molecular complexity index is 239. The molecule has 1 N–H and O–H groups in total. The molecule has 1 saturated heterocycles. The Balaban J connectivity index is 2.27. The van der Waals surface area contributed by atoms with Crippen molar-refractivity contribution >= 4 is 5.97 Å². The van der Waals surface area contributed by atoms with E-state index in [-0.39, 0.29) is 0 Å². The summed E-state index contributed by atoms with van der Waals surface area (Å²) in [6, 6.07) is 0. The molecule has 86 valence electrons. The van der Waals surface area contributed by atoms with Gasteiger partial charge in [0.25, 0.3) is 0 Å². The molecule has 0 aromatic carbocycles. The summed E-state index contributed by atoms with van der Waals surface area (Å²) in [7, 11) is 4.14. The molecule has 0 aromatic heterocycles. The maximum atomic E-state index is 10.5. The van der Waals surface area contributed by atoms with E-state index >= 15 is 0 Å². The number of hydrogen-bond donors (Lipinski definition) is 1. The number of hydrogen-bond acceptors (Lipinski definition) is 3. The van der Waals surface area contributed by atoms with E-state index in [4.69, 9.17) is 5.11 Å². The van der Waals surface area contributed by atoms with Crippen LogP contribution in [0.4, 0.5) is 0 Å². The molecule has 0 saturated carbocycles. The van der Waals surface area contributed by atoms with Crippen LogP contribution in [0.15, 0.2) is 11.6 Å². The van der Waals surface area contributed by atoms with Gasteiger partial charge in [0.2, 0.25) is 0 Å². The standard InChI is InChI=1S/C11H20N2O2/c1-12(2)7-8-13-5-3-10(4-6-13)9-11(14)15/h9H,3-8H2,1-2H3,(H,14,15). The van der Waals surface area contributed by atoms with Crippen molar-refractivity contribution in [2.45, 2.75) is 12.8 Å². The molecule has 0 bridgehead atoms. The zero-order chi connectivity index (χ0) is 11.3. The Labute approximate surface area is 91.2 Å². The first-order valence-corrected chi connectivity index (χ1v) is 5.37. The minimum absolute atomic E-state index is 0.813. The molecule has 1 rings (SSSR count). The molecule has 0 radical (unpaired) electrons. The average molecular weight is 212 g/mol. The predicted molar refractivity (Wildman–Crippen MR) is 59.9 cm³/mol. The van der Waals surface area contributed by atoms with E-state index in [1.165, 1.54) is 6.08 Å². The number of carboxylic acids is 1. The van der Waals surface area contributed by atoms with Crippen LogP contribution in [0, 0.1) is 0 Å². The fourth-order valence-corrected chi connectivity index (χ4v) is 1.72. The second-order valence-corrected chi connectivity index (χ2v) is 4.29. The zero-order valence-corrected chi connectivity index (χ0v) is 9.57. The number of piperidine rings is 1. The third kappa shape index (κ3) is 4.95. The van der Waals surface area contributed by atoms with Gasteiger partial charge in [0.1, 0.15) is 0 Å². The maximum absolute atomic E-state index is 10.5. The highest BCUT2D eigenvalue weighted by Gasteiger charge is 2.14. The molecule has 0 aliphatic carbocycles. The highest BCUT2D eigenvalue weighted by molar-refractivity contribution is 5.80. The number of likely N-dealkylation sites (N-methyl/N-ethyl adjacent to an activating group) is 1. The zero-order valence-electron chi connectivity index (χ0n) is 9.57. The smallest absolute Gasteiger partial charge is 0.328 e. The molecule has 1 aliphatic heterocycles. The summed E-state index contributed by atoms with van der Waals surface area (Å²) in [4.78, 5) is 15.0. The molecular formula is C11H20N2O2. The van der Waals surface area contributed by atoms with Crippen LogP contribution < -0.4 is 0 Å². The van der Waals surface area contributed by atoms with Gasteiger partial charge in [0.15, 0.2) is 0 Å². The van der Waals surface area contributed by atoms with Crippen LogP contribution in [0.3, 0.4) is 0 Å². The minimum Gasteiger partial charge on any atom is -0.478 e. The van der Waals surface area contributed by atoms with Crippen LogP contribution in [-0.2, 0) is 4.79 Å². The van der Waals surface area contributed by atoms with Crippen molar-refractivity contribution in [1.82, 2.24) is 9.80 Å². The lowest BCUT2D eigenvalue weighted by molar-refractivity contribution is -0.131. The van der Waals surface area contributed by atoms with E-state index in [1.54, 1.807) is 0 Å². The van der Waals surface area contributed by atoms with E-state index in [9.17, 15) is 4.79 Å². The Morgan fingerprint density at radius 2 is 2.07 bits per heavy atom.